The molecule has 0 radical (unpaired) electrons. The van der Waals surface area contributed by atoms with E-state index in [1.807, 2.05) is 13.8 Å². The molecule has 0 saturated carbocycles. The lowest BCUT2D eigenvalue weighted by Gasteiger charge is -2.14. The maximum Gasteiger partial charge on any atom is 0.242 e. The number of nitrogens with two attached hydrogens (primary N) is 1. The summed E-state index contributed by atoms with van der Waals surface area (Å²) in [5.74, 6) is 0.146. The molecule has 5 nitrogen and oxygen atoms in total. The first-order valence-corrected chi connectivity index (χ1v) is 4.94. The van der Waals surface area contributed by atoms with Crippen LogP contribution in [0.4, 0.5) is 5.82 Å². The van der Waals surface area contributed by atoms with Gasteiger partial charge in [0, 0.05) is 0 Å². The van der Waals surface area contributed by atoms with Gasteiger partial charge in [-0.2, -0.15) is 0 Å². The molecule has 1 rings (SSSR count). The minimum Gasteiger partial charge on any atom is -0.320 e. The number of carbonyl (C=O) groups excluding carboxylic acids is 1. The second kappa shape index (κ2) is 5.04. The second-order valence-electron chi connectivity index (χ2n) is 3.50. The third-order valence-corrected chi connectivity index (χ3v) is 2.11. The van der Waals surface area contributed by atoms with Crippen molar-refractivity contribution in [2.75, 3.05) is 5.32 Å². The van der Waals surface area contributed by atoms with Gasteiger partial charge in [-0.15, -0.1) is 10.2 Å². The molecule has 0 aliphatic rings. The number of hydrogen-bond acceptors (Lipinski definition) is 4. The predicted octanol–water partition coefficient (Wildman–Crippen LogP) is 1.05. The summed E-state index contributed by atoms with van der Waals surface area (Å²) in [4.78, 5) is 11.5. The second-order valence-corrected chi connectivity index (χ2v) is 3.89. The lowest BCUT2D eigenvalue weighted by molar-refractivity contribution is -0.118. The van der Waals surface area contributed by atoms with Gasteiger partial charge in [0.25, 0.3) is 0 Å². The third kappa shape index (κ3) is 3.45. The zero-order valence-corrected chi connectivity index (χ0v) is 9.32. The van der Waals surface area contributed by atoms with Gasteiger partial charge in [0.15, 0.2) is 11.0 Å². The lowest BCUT2D eigenvalue weighted by atomic mass is 10.1. The predicted molar refractivity (Wildman–Crippen MR) is 58.5 cm³/mol. The molecule has 82 valence electrons. The van der Waals surface area contributed by atoms with Gasteiger partial charge in [0.05, 0.1) is 6.04 Å². The van der Waals surface area contributed by atoms with Crippen molar-refractivity contribution in [2.24, 2.45) is 11.7 Å². The van der Waals surface area contributed by atoms with Crippen molar-refractivity contribution in [3.63, 3.8) is 0 Å². The molecular weight excluding hydrogens is 216 g/mol. The average molecular weight is 229 g/mol. The van der Waals surface area contributed by atoms with E-state index in [-0.39, 0.29) is 17.0 Å². The minimum absolute atomic E-state index is 0.0743. The van der Waals surface area contributed by atoms with Gasteiger partial charge in [-0.3, -0.25) is 4.79 Å². The fraction of sp³-hybridized carbons (Fsp3) is 0.444. The van der Waals surface area contributed by atoms with Crippen LogP contribution >= 0.6 is 11.6 Å². The third-order valence-electron chi connectivity index (χ3n) is 1.90. The number of halogens is 1. The number of aromatic nitrogens is 2. The van der Waals surface area contributed by atoms with E-state index in [9.17, 15) is 4.79 Å². The number of hydrogen-bond donors (Lipinski definition) is 2. The van der Waals surface area contributed by atoms with Crippen molar-refractivity contribution in [1.82, 2.24) is 10.2 Å². The molecule has 0 aromatic carbocycles. The first-order chi connectivity index (χ1) is 7.00. The number of carbonyl (C=O) groups is 1. The number of nitrogens with zero attached hydrogens (tertiary/aromatic N) is 2. The van der Waals surface area contributed by atoms with E-state index >= 15 is 0 Å². The molecule has 0 aliphatic heterocycles. The highest BCUT2D eigenvalue weighted by atomic mass is 35.5. The smallest absolute Gasteiger partial charge is 0.242 e. The Kier molecular flexibility index (Phi) is 3.99. The molecular formula is C9H13ClN4O. The summed E-state index contributed by atoms with van der Waals surface area (Å²) in [5.41, 5.74) is 5.65. The van der Waals surface area contributed by atoms with E-state index in [1.54, 1.807) is 12.1 Å². The molecule has 15 heavy (non-hydrogen) atoms. The van der Waals surface area contributed by atoms with Crippen molar-refractivity contribution in [3.05, 3.63) is 17.3 Å². The van der Waals surface area contributed by atoms with Gasteiger partial charge in [0.1, 0.15) is 0 Å². The molecule has 0 bridgehead atoms. The minimum atomic E-state index is -0.553. The highest BCUT2D eigenvalue weighted by Gasteiger charge is 2.17. The summed E-state index contributed by atoms with van der Waals surface area (Å²) in [6.07, 6.45) is 0. The quantitative estimate of drug-likeness (QED) is 0.811. The van der Waals surface area contributed by atoms with E-state index < -0.39 is 6.04 Å². The van der Waals surface area contributed by atoms with E-state index in [2.05, 4.69) is 15.5 Å². The van der Waals surface area contributed by atoms with Crippen LogP contribution < -0.4 is 11.1 Å². The Morgan fingerprint density at radius 3 is 2.60 bits per heavy atom. The fourth-order valence-electron chi connectivity index (χ4n) is 0.895. The highest BCUT2D eigenvalue weighted by molar-refractivity contribution is 6.29. The number of nitrogens with one attached hydrogen (secondary N) is 1. The van der Waals surface area contributed by atoms with Crippen molar-refractivity contribution in [3.8, 4) is 0 Å². The molecule has 0 aliphatic carbocycles. The number of rotatable bonds is 3. The summed E-state index contributed by atoms with van der Waals surface area (Å²) in [6, 6.07) is 2.56. The molecule has 1 amide bonds. The first-order valence-electron chi connectivity index (χ1n) is 4.56. The summed E-state index contributed by atoms with van der Waals surface area (Å²) in [6.45, 7) is 3.75. The van der Waals surface area contributed by atoms with E-state index in [4.69, 9.17) is 17.3 Å². The number of anilines is 1. The summed E-state index contributed by atoms with van der Waals surface area (Å²) >= 11 is 5.55. The van der Waals surface area contributed by atoms with E-state index in [0.717, 1.165) is 0 Å². The Hall–Kier alpha value is -1.20. The molecule has 3 N–H and O–H groups in total. The Balaban J connectivity index is 2.62. The Morgan fingerprint density at radius 1 is 1.47 bits per heavy atom. The molecule has 6 heteroatoms. The highest BCUT2D eigenvalue weighted by Crippen LogP contribution is 2.07. The van der Waals surface area contributed by atoms with Crippen molar-refractivity contribution in [2.45, 2.75) is 19.9 Å². The first kappa shape index (κ1) is 11.9. The monoisotopic (exact) mass is 228 g/mol. The van der Waals surface area contributed by atoms with Crippen LogP contribution in [0.5, 0.6) is 0 Å². The van der Waals surface area contributed by atoms with Crippen LogP contribution in [0, 0.1) is 5.92 Å². The van der Waals surface area contributed by atoms with Crippen LogP contribution in [0.15, 0.2) is 12.1 Å². The van der Waals surface area contributed by atoms with Crippen LogP contribution in [0.1, 0.15) is 13.8 Å². The van der Waals surface area contributed by atoms with Crippen LogP contribution in [0.2, 0.25) is 5.15 Å². The zero-order chi connectivity index (χ0) is 11.4. The Bertz CT molecular complexity index is 338. The normalized spacial score (nSPS) is 12.6. The molecule has 0 fully saturated rings. The van der Waals surface area contributed by atoms with Crippen LogP contribution in [0.3, 0.4) is 0 Å². The van der Waals surface area contributed by atoms with Gasteiger partial charge in [-0.05, 0) is 18.1 Å². The molecule has 1 atom stereocenters. The maximum atomic E-state index is 11.5. The molecule has 1 aromatic heterocycles. The molecule has 0 unspecified atom stereocenters. The Labute approximate surface area is 93.0 Å². The van der Waals surface area contributed by atoms with Crippen molar-refractivity contribution >= 4 is 23.3 Å². The molecule has 1 aromatic rings. The fourth-order valence-corrected chi connectivity index (χ4v) is 0.996. The zero-order valence-electron chi connectivity index (χ0n) is 8.57. The summed E-state index contributed by atoms with van der Waals surface area (Å²) in [5, 5.41) is 10.1. The van der Waals surface area contributed by atoms with Gasteiger partial charge in [-0.1, -0.05) is 25.4 Å². The summed E-state index contributed by atoms with van der Waals surface area (Å²) in [7, 11) is 0. The SMILES string of the molecule is CC(C)[C@@H](N)C(=O)Nc1ccc(Cl)nn1. The van der Waals surface area contributed by atoms with Gasteiger partial charge >= 0.3 is 0 Å². The van der Waals surface area contributed by atoms with Gasteiger partial charge < -0.3 is 11.1 Å². The molecule has 0 spiro atoms. The number of amides is 1. The topological polar surface area (TPSA) is 80.9 Å². The average Bonchev–Trinajstić information content (AvgIpc) is 2.20. The maximum absolute atomic E-state index is 11.5. The van der Waals surface area contributed by atoms with Crippen molar-refractivity contribution in [1.29, 1.82) is 0 Å². The van der Waals surface area contributed by atoms with Crippen LogP contribution in [0.25, 0.3) is 0 Å². The van der Waals surface area contributed by atoms with Crippen molar-refractivity contribution < 1.29 is 4.79 Å². The van der Waals surface area contributed by atoms with Gasteiger partial charge in [-0.25, -0.2) is 0 Å². The van der Waals surface area contributed by atoms with Crippen LogP contribution in [-0.2, 0) is 4.79 Å². The summed E-state index contributed by atoms with van der Waals surface area (Å²) < 4.78 is 0. The van der Waals surface area contributed by atoms with E-state index in [1.165, 1.54) is 0 Å². The lowest BCUT2D eigenvalue weighted by Crippen LogP contribution is -2.39. The Morgan fingerprint density at radius 2 is 2.13 bits per heavy atom. The largest absolute Gasteiger partial charge is 0.320 e. The molecule has 0 saturated heterocycles. The van der Waals surface area contributed by atoms with Gasteiger partial charge in [0.2, 0.25) is 5.91 Å². The van der Waals surface area contributed by atoms with E-state index in [0.29, 0.717) is 5.82 Å². The molecule has 1 heterocycles. The van der Waals surface area contributed by atoms with Crippen LogP contribution in [-0.4, -0.2) is 22.1 Å². The standard InChI is InChI=1S/C9H13ClN4O/c1-5(2)8(11)9(15)12-7-4-3-6(10)13-14-7/h3-5,8H,11H2,1-2H3,(H,12,14,15)/t8-/m1/s1.